The van der Waals surface area contributed by atoms with Crippen molar-refractivity contribution < 1.29 is 24.2 Å². The van der Waals surface area contributed by atoms with Gasteiger partial charge in [0, 0.05) is 24.3 Å². The molecule has 0 N–H and O–H groups in total. The maximum absolute atomic E-state index is 12.5. The van der Waals surface area contributed by atoms with Crippen molar-refractivity contribution in [1.82, 2.24) is 0 Å². The largest absolute Gasteiger partial charge is 0.361 e. The first-order valence-corrected chi connectivity index (χ1v) is 7.79. The Bertz CT molecular complexity index is 949. The van der Waals surface area contributed by atoms with Crippen LogP contribution in [0.4, 0.5) is 11.4 Å². The van der Waals surface area contributed by atoms with E-state index in [-0.39, 0.29) is 35.6 Å². The Morgan fingerprint density at radius 2 is 1.07 bits per heavy atom. The maximum Gasteiger partial charge on any atom is 0.351 e. The first-order chi connectivity index (χ1) is 13.3. The first kappa shape index (κ1) is 20.0. The number of nitro benzene ring substituents is 2. The fraction of sp³-hybridized carbons (Fsp3) is 0.118. The molecule has 0 amide bonds. The summed E-state index contributed by atoms with van der Waals surface area (Å²) in [6, 6.07) is 10.6. The molecule has 28 heavy (non-hydrogen) atoms. The molecular weight excluding hydrogens is 368 g/mol. The zero-order valence-electron chi connectivity index (χ0n) is 14.3. The summed E-state index contributed by atoms with van der Waals surface area (Å²) in [5.74, 6) is -0.832. The Hall–Kier alpha value is -4.33. The van der Waals surface area contributed by atoms with Gasteiger partial charge in [0.2, 0.25) is 0 Å². The Morgan fingerprint density at radius 1 is 0.750 bits per heavy atom. The molecule has 2 aromatic rings. The van der Waals surface area contributed by atoms with Crippen molar-refractivity contribution in [2.75, 3.05) is 0 Å². The van der Waals surface area contributed by atoms with E-state index in [1.165, 1.54) is 48.5 Å². The SMILES string of the molecule is [N-]=[N+]=C(Cc1ccc([N+](=O)[O-])cc1)C(=O)C(Cc1ccc([N+](=O)[O-])cc1)=[N+]=[N-]. The third kappa shape index (κ3) is 4.85. The van der Waals surface area contributed by atoms with Gasteiger partial charge in [-0.1, -0.05) is 24.3 Å². The third-order valence-electron chi connectivity index (χ3n) is 3.80. The van der Waals surface area contributed by atoms with Crippen molar-refractivity contribution in [3.8, 4) is 0 Å². The molecule has 0 atom stereocenters. The van der Waals surface area contributed by atoms with Crippen LogP contribution in [0.15, 0.2) is 48.5 Å². The number of Topliss-reactive ketones (excluding diaryl/α,β-unsaturated/α-hetero) is 1. The van der Waals surface area contributed by atoms with Crippen LogP contribution in [0.5, 0.6) is 0 Å². The fourth-order valence-electron chi connectivity index (χ4n) is 2.35. The van der Waals surface area contributed by atoms with Crippen LogP contribution in [0.1, 0.15) is 11.1 Å². The summed E-state index contributed by atoms with van der Waals surface area (Å²) in [6.45, 7) is 0. The van der Waals surface area contributed by atoms with Gasteiger partial charge in [-0.2, -0.15) is 9.58 Å². The minimum Gasteiger partial charge on any atom is -0.361 e. The van der Waals surface area contributed by atoms with E-state index in [4.69, 9.17) is 11.1 Å². The maximum atomic E-state index is 12.5. The number of non-ortho nitro benzene ring substituents is 2. The van der Waals surface area contributed by atoms with Crippen LogP contribution in [-0.2, 0) is 17.6 Å². The second-order valence-corrected chi connectivity index (χ2v) is 5.62. The summed E-state index contributed by atoms with van der Waals surface area (Å²) < 4.78 is 0. The molecule has 0 heterocycles. The molecule has 0 aliphatic rings. The molecule has 0 saturated carbocycles. The second-order valence-electron chi connectivity index (χ2n) is 5.62. The summed E-state index contributed by atoms with van der Waals surface area (Å²) >= 11 is 0. The molecular formula is C17H12N6O5. The number of benzene rings is 2. The molecule has 0 spiro atoms. The lowest BCUT2D eigenvalue weighted by molar-refractivity contribution is -0.385. The molecule has 2 rings (SSSR count). The number of rotatable bonds is 8. The molecule has 11 heteroatoms. The quantitative estimate of drug-likeness (QED) is 0.224. The Balaban J connectivity index is 2.15. The number of hydrogen-bond acceptors (Lipinski definition) is 5. The van der Waals surface area contributed by atoms with E-state index in [1.54, 1.807) is 0 Å². The van der Waals surface area contributed by atoms with Gasteiger partial charge in [-0.05, 0) is 11.1 Å². The highest BCUT2D eigenvalue weighted by atomic mass is 16.6. The third-order valence-corrected chi connectivity index (χ3v) is 3.80. The Labute approximate surface area is 157 Å². The predicted octanol–water partition coefficient (Wildman–Crippen LogP) is 2.20. The highest BCUT2D eigenvalue weighted by Crippen LogP contribution is 2.14. The van der Waals surface area contributed by atoms with Crippen molar-refractivity contribution >= 4 is 28.6 Å². The predicted molar refractivity (Wildman–Crippen MR) is 95.9 cm³/mol. The summed E-state index contributed by atoms with van der Waals surface area (Å²) in [5.41, 5.74) is 18.3. The molecule has 0 aliphatic heterocycles. The van der Waals surface area contributed by atoms with Gasteiger partial charge in [0.25, 0.3) is 11.4 Å². The summed E-state index contributed by atoms with van der Waals surface area (Å²) in [7, 11) is 0. The Kier molecular flexibility index (Phi) is 6.32. The van der Waals surface area contributed by atoms with Gasteiger partial charge < -0.3 is 11.1 Å². The molecule has 0 aromatic heterocycles. The topological polar surface area (TPSA) is 176 Å². The van der Waals surface area contributed by atoms with Crippen molar-refractivity contribution in [2.45, 2.75) is 12.8 Å². The molecule has 2 aromatic carbocycles. The first-order valence-electron chi connectivity index (χ1n) is 7.79. The molecule has 0 saturated heterocycles. The van der Waals surface area contributed by atoms with E-state index in [9.17, 15) is 25.0 Å². The average Bonchev–Trinajstić information content (AvgIpc) is 2.70. The van der Waals surface area contributed by atoms with E-state index in [2.05, 4.69) is 9.58 Å². The molecule has 0 fully saturated rings. The van der Waals surface area contributed by atoms with Gasteiger partial charge in [-0.25, -0.2) is 0 Å². The Morgan fingerprint density at radius 3 is 1.32 bits per heavy atom. The van der Waals surface area contributed by atoms with Crippen LogP contribution in [0.3, 0.4) is 0 Å². The summed E-state index contributed by atoms with van der Waals surface area (Å²) in [6.07, 6.45) is -0.292. The standard InChI is InChI=1S/C17H12N6O5/c18-20-15(9-11-1-5-13(6-2-11)22(25)26)17(24)16(21-19)10-12-3-7-14(8-4-12)23(27)28/h1-8H,9-10H2. The van der Waals surface area contributed by atoms with Crippen LogP contribution in [-0.4, -0.2) is 36.6 Å². The smallest absolute Gasteiger partial charge is 0.351 e. The summed E-state index contributed by atoms with van der Waals surface area (Å²) in [4.78, 5) is 38.5. The highest BCUT2D eigenvalue weighted by molar-refractivity contribution is 6.64. The van der Waals surface area contributed by atoms with Crippen LogP contribution in [0, 0.1) is 20.2 Å². The molecule has 0 unspecified atom stereocenters. The van der Waals surface area contributed by atoms with Gasteiger partial charge >= 0.3 is 17.2 Å². The minimum absolute atomic E-state index is 0.131. The number of carbonyl (C=O) groups excluding carboxylic acids is 1. The van der Waals surface area contributed by atoms with Gasteiger partial charge in [0.15, 0.2) is 0 Å². The van der Waals surface area contributed by atoms with Crippen LogP contribution in [0.2, 0.25) is 0 Å². The van der Waals surface area contributed by atoms with E-state index in [1.807, 2.05) is 0 Å². The zero-order chi connectivity index (χ0) is 20.7. The molecule has 140 valence electrons. The van der Waals surface area contributed by atoms with Crippen LogP contribution in [0.25, 0.3) is 11.1 Å². The normalized spacial score (nSPS) is 9.71. The van der Waals surface area contributed by atoms with Gasteiger partial charge in [0.05, 0.1) is 22.7 Å². The van der Waals surface area contributed by atoms with Gasteiger partial charge in [-0.3, -0.25) is 25.0 Å². The number of nitro groups is 2. The van der Waals surface area contributed by atoms with Gasteiger partial charge in [0.1, 0.15) is 0 Å². The minimum atomic E-state index is -0.832. The van der Waals surface area contributed by atoms with Crippen molar-refractivity contribution in [3.05, 3.63) is 90.9 Å². The van der Waals surface area contributed by atoms with Crippen molar-refractivity contribution in [1.29, 1.82) is 0 Å². The second kappa shape index (κ2) is 8.86. The molecule has 0 radical (unpaired) electrons. The van der Waals surface area contributed by atoms with Crippen molar-refractivity contribution in [3.63, 3.8) is 0 Å². The monoisotopic (exact) mass is 380 g/mol. The van der Waals surface area contributed by atoms with Crippen molar-refractivity contribution in [2.24, 2.45) is 0 Å². The van der Waals surface area contributed by atoms with Crippen LogP contribution < -0.4 is 0 Å². The van der Waals surface area contributed by atoms with Gasteiger partial charge in [-0.15, -0.1) is 0 Å². The fourth-order valence-corrected chi connectivity index (χ4v) is 2.35. The van der Waals surface area contributed by atoms with E-state index in [0.29, 0.717) is 11.1 Å². The highest BCUT2D eigenvalue weighted by Gasteiger charge is 2.32. The summed E-state index contributed by atoms with van der Waals surface area (Å²) in [5, 5.41) is 21.3. The lowest BCUT2D eigenvalue weighted by atomic mass is 9.99. The lowest BCUT2D eigenvalue weighted by Gasteiger charge is -1.98. The number of carbonyl (C=O) groups is 1. The number of nitrogens with zero attached hydrogens (tertiary/aromatic N) is 6. The van der Waals surface area contributed by atoms with E-state index < -0.39 is 15.6 Å². The zero-order valence-corrected chi connectivity index (χ0v) is 14.3. The molecule has 11 nitrogen and oxygen atoms in total. The average molecular weight is 380 g/mol. The molecule has 0 aliphatic carbocycles. The van der Waals surface area contributed by atoms with E-state index in [0.717, 1.165) is 0 Å². The number of hydrogen-bond donors (Lipinski definition) is 0. The van der Waals surface area contributed by atoms with Crippen LogP contribution >= 0.6 is 0 Å². The molecule has 0 bridgehead atoms. The number of ketones is 1. The van der Waals surface area contributed by atoms with E-state index >= 15 is 0 Å². The lowest BCUT2D eigenvalue weighted by Crippen LogP contribution is -2.29.